The number of benzene rings is 1. The van der Waals surface area contributed by atoms with Gasteiger partial charge in [-0.05, 0) is 31.9 Å². The van der Waals surface area contributed by atoms with Crippen molar-refractivity contribution in [2.45, 2.75) is 39.2 Å². The quantitative estimate of drug-likeness (QED) is 0.745. The molecule has 1 aromatic carbocycles. The minimum atomic E-state index is -0.695. The van der Waals surface area contributed by atoms with E-state index in [1.165, 1.54) is 0 Å². The summed E-state index contributed by atoms with van der Waals surface area (Å²) in [5.74, 6) is 0.574. The minimum absolute atomic E-state index is 0.265. The smallest absolute Gasteiger partial charge is 0.307 e. The molecule has 0 aromatic heterocycles. The topological polar surface area (TPSA) is 59.0 Å². The molecule has 0 spiro atoms. The van der Waals surface area contributed by atoms with E-state index in [2.05, 4.69) is 11.8 Å². The number of hydrogen-bond donors (Lipinski definition) is 1. The van der Waals surface area contributed by atoms with Gasteiger partial charge in [-0.1, -0.05) is 25.5 Å². The standard InChI is InChI=1S/C18H27NO4/c1-3-4-11-23-17-14(7-5-9-16(17)22-2)12-19-10-6-8-15(13-19)18(20)21/h5,7,9,15H,3-4,6,8,10-13H2,1-2H3,(H,20,21). The molecule has 1 heterocycles. The zero-order chi connectivity index (χ0) is 16.7. The van der Waals surface area contributed by atoms with Crippen LogP contribution in [-0.2, 0) is 11.3 Å². The van der Waals surface area contributed by atoms with Gasteiger partial charge >= 0.3 is 5.97 Å². The number of carbonyl (C=O) groups is 1. The van der Waals surface area contributed by atoms with Crippen molar-refractivity contribution in [1.82, 2.24) is 4.90 Å². The van der Waals surface area contributed by atoms with E-state index < -0.39 is 5.97 Å². The van der Waals surface area contributed by atoms with E-state index >= 15 is 0 Å². The van der Waals surface area contributed by atoms with Gasteiger partial charge in [-0.15, -0.1) is 0 Å². The number of carboxylic acids is 1. The Morgan fingerprint density at radius 3 is 2.96 bits per heavy atom. The summed E-state index contributed by atoms with van der Waals surface area (Å²) in [5.41, 5.74) is 1.06. The third kappa shape index (κ3) is 4.86. The van der Waals surface area contributed by atoms with Crippen molar-refractivity contribution < 1.29 is 19.4 Å². The normalized spacial score (nSPS) is 18.6. The van der Waals surface area contributed by atoms with Gasteiger partial charge in [-0.2, -0.15) is 0 Å². The Bertz CT molecular complexity index is 518. The summed E-state index contributed by atoms with van der Waals surface area (Å²) in [4.78, 5) is 13.4. The van der Waals surface area contributed by atoms with Gasteiger partial charge in [0.1, 0.15) is 0 Å². The lowest BCUT2D eigenvalue weighted by Crippen LogP contribution is -2.38. The number of hydrogen-bond acceptors (Lipinski definition) is 4. The summed E-state index contributed by atoms with van der Waals surface area (Å²) < 4.78 is 11.4. The second-order valence-electron chi connectivity index (χ2n) is 6.06. The average Bonchev–Trinajstić information content (AvgIpc) is 2.56. The van der Waals surface area contributed by atoms with Gasteiger partial charge < -0.3 is 14.6 Å². The summed E-state index contributed by atoms with van der Waals surface area (Å²) in [6, 6.07) is 5.90. The predicted molar refractivity (Wildman–Crippen MR) is 89.0 cm³/mol. The van der Waals surface area contributed by atoms with Crippen LogP contribution in [0.4, 0.5) is 0 Å². The number of unbranched alkanes of at least 4 members (excludes halogenated alkanes) is 1. The molecule has 1 atom stereocenters. The van der Waals surface area contributed by atoms with E-state index in [9.17, 15) is 9.90 Å². The van der Waals surface area contributed by atoms with Crippen LogP contribution in [0.3, 0.4) is 0 Å². The lowest BCUT2D eigenvalue weighted by atomic mass is 9.98. The Labute approximate surface area is 138 Å². The number of piperidine rings is 1. The van der Waals surface area contributed by atoms with Gasteiger partial charge in [0.2, 0.25) is 0 Å². The molecule has 1 saturated heterocycles. The first kappa shape index (κ1) is 17.6. The molecule has 0 radical (unpaired) electrons. The maximum Gasteiger partial charge on any atom is 0.307 e. The molecule has 5 heteroatoms. The number of aliphatic carboxylic acids is 1. The van der Waals surface area contributed by atoms with Crippen molar-refractivity contribution in [2.75, 3.05) is 26.8 Å². The van der Waals surface area contributed by atoms with Crippen molar-refractivity contribution in [2.24, 2.45) is 5.92 Å². The molecule has 128 valence electrons. The van der Waals surface area contributed by atoms with Crippen LogP contribution in [0, 0.1) is 5.92 Å². The monoisotopic (exact) mass is 321 g/mol. The highest BCUT2D eigenvalue weighted by Gasteiger charge is 2.26. The first-order valence-electron chi connectivity index (χ1n) is 8.39. The highest BCUT2D eigenvalue weighted by molar-refractivity contribution is 5.70. The number of rotatable bonds is 8. The summed E-state index contributed by atoms with van der Waals surface area (Å²) in [6.07, 6.45) is 3.77. The maximum absolute atomic E-state index is 11.2. The number of likely N-dealkylation sites (tertiary alicyclic amines) is 1. The van der Waals surface area contributed by atoms with E-state index in [-0.39, 0.29) is 5.92 Å². The lowest BCUT2D eigenvalue weighted by molar-refractivity contribution is -0.143. The Balaban J connectivity index is 2.10. The van der Waals surface area contributed by atoms with E-state index in [0.717, 1.165) is 49.3 Å². The zero-order valence-electron chi connectivity index (χ0n) is 14.1. The van der Waals surface area contributed by atoms with Gasteiger partial charge in [0.15, 0.2) is 11.5 Å². The molecular formula is C18H27NO4. The summed E-state index contributed by atoms with van der Waals surface area (Å²) in [7, 11) is 1.65. The van der Waals surface area contributed by atoms with Crippen LogP contribution in [0.1, 0.15) is 38.2 Å². The van der Waals surface area contributed by atoms with E-state index in [4.69, 9.17) is 9.47 Å². The van der Waals surface area contributed by atoms with Crippen LogP contribution < -0.4 is 9.47 Å². The number of methoxy groups -OCH3 is 1. The molecule has 23 heavy (non-hydrogen) atoms. The largest absolute Gasteiger partial charge is 0.493 e. The first-order valence-corrected chi connectivity index (χ1v) is 8.39. The van der Waals surface area contributed by atoms with Crippen LogP contribution in [0.5, 0.6) is 11.5 Å². The molecule has 0 bridgehead atoms. The molecule has 2 rings (SSSR count). The van der Waals surface area contributed by atoms with Gasteiger partial charge in [-0.3, -0.25) is 9.69 Å². The summed E-state index contributed by atoms with van der Waals surface area (Å²) >= 11 is 0. The van der Waals surface area contributed by atoms with Crippen molar-refractivity contribution >= 4 is 5.97 Å². The zero-order valence-corrected chi connectivity index (χ0v) is 14.1. The van der Waals surface area contributed by atoms with Crippen molar-refractivity contribution in [3.8, 4) is 11.5 Å². The lowest BCUT2D eigenvalue weighted by Gasteiger charge is -2.31. The number of ether oxygens (including phenoxy) is 2. The summed E-state index contributed by atoms with van der Waals surface area (Å²) in [5, 5.41) is 9.23. The Kier molecular flexibility index (Phi) is 6.71. The van der Waals surface area contributed by atoms with Crippen molar-refractivity contribution in [1.29, 1.82) is 0 Å². The molecule has 5 nitrogen and oxygen atoms in total. The third-order valence-electron chi connectivity index (χ3n) is 4.27. The van der Waals surface area contributed by atoms with Crippen LogP contribution >= 0.6 is 0 Å². The highest BCUT2D eigenvalue weighted by Crippen LogP contribution is 2.33. The van der Waals surface area contributed by atoms with E-state index in [1.54, 1.807) is 7.11 Å². The molecule has 0 aliphatic carbocycles. The van der Waals surface area contributed by atoms with Crippen molar-refractivity contribution in [3.05, 3.63) is 23.8 Å². The fourth-order valence-corrected chi connectivity index (χ4v) is 2.97. The van der Waals surface area contributed by atoms with Crippen LogP contribution in [0.15, 0.2) is 18.2 Å². The predicted octanol–water partition coefficient (Wildman–Crippen LogP) is 3.17. The van der Waals surface area contributed by atoms with Gasteiger partial charge in [-0.25, -0.2) is 0 Å². The molecule has 1 unspecified atom stereocenters. The van der Waals surface area contributed by atoms with Gasteiger partial charge in [0.25, 0.3) is 0 Å². The molecule has 0 amide bonds. The van der Waals surface area contributed by atoms with Crippen molar-refractivity contribution in [3.63, 3.8) is 0 Å². The van der Waals surface area contributed by atoms with Crippen LogP contribution in [-0.4, -0.2) is 42.8 Å². The molecule has 1 fully saturated rings. The Morgan fingerprint density at radius 1 is 1.43 bits per heavy atom. The highest BCUT2D eigenvalue weighted by atomic mass is 16.5. The van der Waals surface area contributed by atoms with Gasteiger partial charge in [0.05, 0.1) is 19.6 Å². The first-order chi connectivity index (χ1) is 11.2. The third-order valence-corrected chi connectivity index (χ3v) is 4.27. The van der Waals surface area contributed by atoms with Crippen LogP contribution in [0.2, 0.25) is 0 Å². The molecule has 0 saturated carbocycles. The van der Waals surface area contributed by atoms with Crippen LogP contribution in [0.25, 0.3) is 0 Å². The minimum Gasteiger partial charge on any atom is -0.493 e. The van der Waals surface area contributed by atoms with E-state index in [0.29, 0.717) is 19.7 Å². The summed E-state index contributed by atoms with van der Waals surface area (Å²) in [6.45, 7) is 5.02. The average molecular weight is 321 g/mol. The Hall–Kier alpha value is -1.75. The SMILES string of the molecule is CCCCOc1c(CN2CCCC(C(=O)O)C2)cccc1OC. The van der Waals surface area contributed by atoms with E-state index in [1.807, 2.05) is 18.2 Å². The fraction of sp³-hybridized carbons (Fsp3) is 0.611. The van der Waals surface area contributed by atoms with Gasteiger partial charge in [0, 0.05) is 18.7 Å². The molecule has 1 aliphatic heterocycles. The molecule has 1 aromatic rings. The molecule has 1 aliphatic rings. The second kappa shape index (κ2) is 8.77. The second-order valence-corrected chi connectivity index (χ2v) is 6.06. The maximum atomic E-state index is 11.2. The number of para-hydroxylation sites is 1. The fourth-order valence-electron chi connectivity index (χ4n) is 2.97. The number of carboxylic acid groups (broad SMARTS) is 1. The Morgan fingerprint density at radius 2 is 2.26 bits per heavy atom. The molecular weight excluding hydrogens is 294 g/mol. The molecule has 1 N–H and O–H groups in total. The number of nitrogens with zero attached hydrogens (tertiary/aromatic N) is 1.